The summed E-state index contributed by atoms with van der Waals surface area (Å²) in [6.07, 6.45) is 9.61. The first-order chi connectivity index (χ1) is 10.6. The summed E-state index contributed by atoms with van der Waals surface area (Å²) in [5.74, 6) is 0. The van der Waals surface area contributed by atoms with E-state index in [1.165, 1.54) is 51.4 Å². The normalized spacial score (nSPS) is 11.0. The van der Waals surface area contributed by atoms with Crippen molar-refractivity contribution in [3.8, 4) is 0 Å². The van der Waals surface area contributed by atoms with Crippen LogP contribution in [0, 0.1) is 0 Å². The van der Waals surface area contributed by atoms with E-state index in [2.05, 4.69) is 55.4 Å². The third-order valence-electron chi connectivity index (χ3n) is 4.61. The Morgan fingerprint density at radius 2 is 0.522 bits per heavy atom. The second-order valence-corrected chi connectivity index (χ2v) is 6.18. The van der Waals surface area contributed by atoms with Crippen molar-refractivity contribution in [2.75, 3.05) is 0 Å². The summed E-state index contributed by atoms with van der Waals surface area (Å²) >= 11 is 0. The van der Waals surface area contributed by atoms with Crippen LogP contribution in [-0.2, 0) is 0 Å². The van der Waals surface area contributed by atoms with Crippen LogP contribution in [0.3, 0.4) is 0 Å². The van der Waals surface area contributed by atoms with E-state index in [4.69, 9.17) is 10.6 Å². The van der Waals surface area contributed by atoms with Crippen LogP contribution in [0.2, 0.25) is 0 Å². The van der Waals surface area contributed by atoms with Crippen molar-refractivity contribution < 1.29 is 0 Å². The summed E-state index contributed by atoms with van der Waals surface area (Å²) in [6, 6.07) is 2.44. The maximum atomic E-state index is 4.75. The minimum absolute atomic E-state index is 0. The molecule has 0 unspecified atom stereocenters. The SMILES string of the molecule is CCC(CC)[N-]C(CC)CC.CCC(CC)[N-]C(CC)CC.[Mg+2]. The Kier molecular flexibility index (Phi) is 25.7. The smallest absolute Gasteiger partial charge is 0.657 e. The summed E-state index contributed by atoms with van der Waals surface area (Å²) < 4.78 is 0. The molecule has 0 amide bonds. The van der Waals surface area contributed by atoms with Crippen LogP contribution in [0.1, 0.15) is 107 Å². The Morgan fingerprint density at radius 1 is 0.391 bits per heavy atom. The molecule has 0 rings (SSSR count). The molecular formula is C20H44MgN2. The van der Waals surface area contributed by atoms with Gasteiger partial charge in [0.2, 0.25) is 0 Å². The predicted molar refractivity (Wildman–Crippen MR) is 110 cm³/mol. The number of hydrogen-bond acceptors (Lipinski definition) is 0. The van der Waals surface area contributed by atoms with E-state index in [-0.39, 0.29) is 23.1 Å². The fourth-order valence-corrected chi connectivity index (χ4v) is 2.59. The molecule has 0 aliphatic rings. The maximum Gasteiger partial charge on any atom is 2.00 e. The zero-order valence-corrected chi connectivity index (χ0v) is 19.0. The molecule has 0 N–H and O–H groups in total. The van der Waals surface area contributed by atoms with Gasteiger partial charge in [0.1, 0.15) is 0 Å². The van der Waals surface area contributed by atoms with Crippen molar-refractivity contribution >= 4 is 23.1 Å². The molecule has 0 radical (unpaired) electrons. The minimum Gasteiger partial charge on any atom is -0.657 e. The van der Waals surface area contributed by atoms with Crippen molar-refractivity contribution in [3.05, 3.63) is 10.6 Å². The predicted octanol–water partition coefficient (Wildman–Crippen LogP) is 7.09. The Labute approximate surface area is 164 Å². The molecule has 0 heterocycles. The van der Waals surface area contributed by atoms with E-state index < -0.39 is 0 Å². The molecule has 0 aromatic carbocycles. The molecule has 136 valence electrons. The van der Waals surface area contributed by atoms with E-state index in [0.29, 0.717) is 24.2 Å². The van der Waals surface area contributed by atoms with Crippen molar-refractivity contribution in [3.63, 3.8) is 0 Å². The molecule has 23 heavy (non-hydrogen) atoms. The van der Waals surface area contributed by atoms with E-state index in [0.717, 1.165) is 0 Å². The van der Waals surface area contributed by atoms with Crippen LogP contribution >= 0.6 is 0 Å². The third-order valence-corrected chi connectivity index (χ3v) is 4.61. The molecule has 0 saturated carbocycles. The molecule has 0 aliphatic heterocycles. The van der Waals surface area contributed by atoms with Gasteiger partial charge in [0.15, 0.2) is 0 Å². The van der Waals surface area contributed by atoms with Gasteiger partial charge >= 0.3 is 23.1 Å². The van der Waals surface area contributed by atoms with Gasteiger partial charge in [0, 0.05) is 0 Å². The fraction of sp³-hybridized carbons (Fsp3) is 1.00. The maximum absolute atomic E-state index is 4.75. The molecule has 2 nitrogen and oxygen atoms in total. The molecule has 0 bridgehead atoms. The molecular weight excluding hydrogens is 293 g/mol. The summed E-state index contributed by atoms with van der Waals surface area (Å²) in [4.78, 5) is 0. The van der Waals surface area contributed by atoms with Crippen molar-refractivity contribution in [2.45, 2.75) is 131 Å². The van der Waals surface area contributed by atoms with Gasteiger partial charge < -0.3 is 10.6 Å². The topological polar surface area (TPSA) is 28.2 Å². The molecule has 3 heteroatoms. The van der Waals surface area contributed by atoms with Gasteiger partial charge in [-0.3, -0.25) is 0 Å². The second-order valence-electron chi connectivity index (χ2n) is 6.18. The number of rotatable bonds is 12. The average molecular weight is 337 g/mol. The zero-order valence-electron chi connectivity index (χ0n) is 17.6. The molecule has 0 spiro atoms. The molecule has 0 aliphatic carbocycles. The Morgan fingerprint density at radius 3 is 0.609 bits per heavy atom. The Balaban J connectivity index is -0.000000333. The number of hydrogen-bond donors (Lipinski definition) is 0. The molecule has 0 aromatic rings. The Bertz CT molecular complexity index is 154. The first-order valence-corrected chi connectivity index (χ1v) is 9.96. The van der Waals surface area contributed by atoms with E-state index >= 15 is 0 Å². The molecule has 0 atom stereocenters. The van der Waals surface area contributed by atoms with Crippen LogP contribution in [0.4, 0.5) is 0 Å². The molecule has 0 saturated heterocycles. The van der Waals surface area contributed by atoms with Crippen LogP contribution < -0.4 is 0 Å². The second kappa shape index (κ2) is 20.7. The van der Waals surface area contributed by atoms with Crippen LogP contribution in [0.5, 0.6) is 0 Å². The van der Waals surface area contributed by atoms with E-state index in [1.54, 1.807) is 0 Å². The number of nitrogens with zero attached hydrogens (tertiary/aromatic N) is 2. The van der Waals surface area contributed by atoms with Gasteiger partial charge in [-0.25, -0.2) is 0 Å². The van der Waals surface area contributed by atoms with Crippen LogP contribution in [-0.4, -0.2) is 47.2 Å². The van der Waals surface area contributed by atoms with Gasteiger partial charge in [0.25, 0.3) is 0 Å². The van der Waals surface area contributed by atoms with Crippen LogP contribution in [0.15, 0.2) is 0 Å². The largest absolute Gasteiger partial charge is 2.00 e. The van der Waals surface area contributed by atoms with Gasteiger partial charge in [0.05, 0.1) is 0 Å². The minimum atomic E-state index is 0. The summed E-state index contributed by atoms with van der Waals surface area (Å²) in [7, 11) is 0. The zero-order chi connectivity index (χ0) is 17.4. The third kappa shape index (κ3) is 15.9. The summed E-state index contributed by atoms with van der Waals surface area (Å²) in [6.45, 7) is 17.8. The van der Waals surface area contributed by atoms with Gasteiger partial charge in [-0.1, -0.05) is 107 Å². The van der Waals surface area contributed by atoms with E-state index in [1.807, 2.05) is 0 Å². The monoisotopic (exact) mass is 336 g/mol. The quantitative estimate of drug-likeness (QED) is 0.340. The van der Waals surface area contributed by atoms with Crippen LogP contribution in [0.25, 0.3) is 10.6 Å². The molecule has 0 fully saturated rings. The Hall–Kier alpha value is 0.686. The van der Waals surface area contributed by atoms with Crippen molar-refractivity contribution in [2.24, 2.45) is 0 Å². The van der Waals surface area contributed by atoms with Crippen molar-refractivity contribution in [1.29, 1.82) is 0 Å². The first kappa shape index (κ1) is 28.5. The standard InChI is InChI=1S/2C10H22N.Mg/c2*1-5-9(6-2)11-10(7-3)8-4;/h2*9-10H,5-8H2,1-4H3;/q2*-1;+2. The van der Waals surface area contributed by atoms with Gasteiger partial charge in [-0.05, 0) is 0 Å². The summed E-state index contributed by atoms with van der Waals surface area (Å²) in [5.41, 5.74) is 0. The van der Waals surface area contributed by atoms with Gasteiger partial charge in [-0.2, -0.15) is 0 Å². The van der Waals surface area contributed by atoms with Crippen molar-refractivity contribution in [1.82, 2.24) is 0 Å². The first-order valence-electron chi connectivity index (χ1n) is 9.96. The van der Waals surface area contributed by atoms with E-state index in [9.17, 15) is 0 Å². The fourth-order valence-electron chi connectivity index (χ4n) is 2.59. The average Bonchev–Trinajstić information content (AvgIpc) is 2.58. The molecule has 0 aromatic heterocycles. The summed E-state index contributed by atoms with van der Waals surface area (Å²) in [5, 5.41) is 9.50. The van der Waals surface area contributed by atoms with Gasteiger partial charge in [-0.15, -0.1) is 24.2 Å².